The Balaban J connectivity index is 0.00000120. The van der Waals surface area contributed by atoms with Crippen LogP contribution in [0, 0.1) is 0 Å². The van der Waals surface area contributed by atoms with Crippen LogP contribution in [0.15, 0.2) is 4.79 Å². The number of hydrogen-bond donors (Lipinski definition) is 2. The van der Waals surface area contributed by atoms with Crippen molar-refractivity contribution in [1.29, 1.82) is 0 Å². The van der Waals surface area contributed by atoms with E-state index in [1.807, 2.05) is 4.90 Å². The summed E-state index contributed by atoms with van der Waals surface area (Å²) in [5.41, 5.74) is 6.68. The summed E-state index contributed by atoms with van der Waals surface area (Å²) in [7, 11) is 0. The third kappa shape index (κ3) is 4.18. The lowest BCUT2D eigenvalue weighted by molar-refractivity contribution is -0.135. The Kier molecular flexibility index (Phi) is 6.60. The van der Waals surface area contributed by atoms with E-state index in [9.17, 15) is 9.59 Å². The molecule has 1 saturated heterocycles. The smallest absolute Gasteiger partial charge is 0.259 e. The number of carbonyl (C=O) groups excluding carboxylic acids is 1. The van der Waals surface area contributed by atoms with Crippen LogP contribution in [-0.2, 0) is 24.2 Å². The van der Waals surface area contributed by atoms with Crippen LogP contribution in [0.3, 0.4) is 0 Å². The maximum absolute atomic E-state index is 12.7. The molecule has 0 unspecified atom stereocenters. The number of amides is 1. The van der Waals surface area contributed by atoms with Gasteiger partial charge in [-0.2, -0.15) is 0 Å². The molecule has 1 saturated carbocycles. The Morgan fingerprint density at radius 3 is 2.52 bits per heavy atom. The molecule has 2 aromatic rings. The third-order valence-electron chi connectivity index (χ3n) is 6.12. The Bertz CT molecular complexity index is 963. The summed E-state index contributed by atoms with van der Waals surface area (Å²) >= 11 is 1.69. The van der Waals surface area contributed by atoms with Gasteiger partial charge in [0.25, 0.3) is 5.56 Å². The maximum Gasteiger partial charge on any atom is 0.259 e. The van der Waals surface area contributed by atoms with E-state index in [0.29, 0.717) is 19.6 Å². The molecule has 5 rings (SSSR count). The van der Waals surface area contributed by atoms with E-state index in [-0.39, 0.29) is 36.3 Å². The molecule has 3 aliphatic rings. The number of nitrogens with one attached hydrogen (secondary N) is 1. The van der Waals surface area contributed by atoms with Crippen LogP contribution in [0.5, 0.6) is 0 Å². The lowest BCUT2D eigenvalue weighted by atomic mass is 9.97. The van der Waals surface area contributed by atoms with E-state index in [0.717, 1.165) is 61.2 Å². The van der Waals surface area contributed by atoms with Crippen molar-refractivity contribution >= 4 is 52.3 Å². The molecule has 160 valence electrons. The zero-order valence-corrected chi connectivity index (χ0v) is 18.7. The van der Waals surface area contributed by atoms with Gasteiger partial charge in [0.05, 0.1) is 17.5 Å². The predicted octanol–water partition coefficient (Wildman–Crippen LogP) is 1.84. The van der Waals surface area contributed by atoms with Crippen molar-refractivity contribution < 1.29 is 4.79 Å². The normalized spacial score (nSPS) is 20.5. The van der Waals surface area contributed by atoms with Gasteiger partial charge in [-0.1, -0.05) is 0 Å². The van der Waals surface area contributed by atoms with Crippen molar-refractivity contribution in [2.24, 2.45) is 5.73 Å². The summed E-state index contributed by atoms with van der Waals surface area (Å²) in [5.74, 6) is 0.822. The second kappa shape index (κ2) is 8.51. The first-order chi connectivity index (χ1) is 13.0. The fraction of sp³-hybridized carbons (Fsp3) is 0.632. The molecular formula is C19H27Cl2N5O2S. The molecule has 29 heavy (non-hydrogen) atoms. The second-order valence-electron chi connectivity index (χ2n) is 8.13. The number of nitrogens with two attached hydrogens (primary N) is 1. The van der Waals surface area contributed by atoms with Gasteiger partial charge < -0.3 is 15.6 Å². The highest BCUT2D eigenvalue weighted by atomic mass is 35.5. The zero-order chi connectivity index (χ0) is 18.6. The van der Waals surface area contributed by atoms with Crippen LogP contribution in [0.25, 0.3) is 10.2 Å². The minimum absolute atomic E-state index is 0. The zero-order valence-electron chi connectivity index (χ0n) is 16.2. The summed E-state index contributed by atoms with van der Waals surface area (Å²) < 4.78 is 0. The fourth-order valence-electron chi connectivity index (χ4n) is 4.27. The van der Waals surface area contributed by atoms with E-state index < -0.39 is 5.54 Å². The standard InChI is InChI=1S/C19H25N5O2S.2ClH/c20-19(5-6-19)18(26)24-9-7-23(8-10-24)11-14-21-16(25)15-12-3-1-2-4-13(12)27-17(15)22-14;;/h1-11,20H2,(H,21,22,25);2*1H. The van der Waals surface area contributed by atoms with Crippen LogP contribution in [0.1, 0.15) is 41.9 Å². The van der Waals surface area contributed by atoms with Crippen LogP contribution in [0.2, 0.25) is 0 Å². The Hall–Kier alpha value is -1.19. The van der Waals surface area contributed by atoms with Gasteiger partial charge in [-0.15, -0.1) is 36.2 Å². The summed E-state index contributed by atoms with van der Waals surface area (Å²) in [6, 6.07) is 0. The number of halogens is 2. The van der Waals surface area contributed by atoms with E-state index in [1.165, 1.54) is 16.9 Å². The molecule has 10 heteroatoms. The highest BCUT2D eigenvalue weighted by Crippen LogP contribution is 2.35. The molecule has 2 aliphatic carbocycles. The SMILES string of the molecule is Cl.Cl.NC1(C(=O)N2CCN(Cc3nc4sc5c(c4c(=O)[nH]3)CCCC5)CC2)CC1. The van der Waals surface area contributed by atoms with Crippen molar-refractivity contribution in [3.8, 4) is 0 Å². The molecule has 2 aromatic heterocycles. The highest BCUT2D eigenvalue weighted by molar-refractivity contribution is 7.18. The van der Waals surface area contributed by atoms with E-state index >= 15 is 0 Å². The van der Waals surface area contributed by atoms with E-state index in [2.05, 4.69) is 9.88 Å². The van der Waals surface area contributed by atoms with Crippen LogP contribution >= 0.6 is 36.2 Å². The first-order valence-electron chi connectivity index (χ1n) is 9.87. The Morgan fingerprint density at radius 2 is 1.83 bits per heavy atom. The van der Waals surface area contributed by atoms with Gasteiger partial charge in [-0.25, -0.2) is 4.98 Å². The number of aromatic amines is 1. The van der Waals surface area contributed by atoms with Crippen LogP contribution in [-0.4, -0.2) is 57.4 Å². The van der Waals surface area contributed by atoms with Crippen molar-refractivity contribution in [3.63, 3.8) is 0 Å². The number of aryl methyl sites for hydroxylation is 2. The molecule has 0 bridgehead atoms. The third-order valence-corrected chi connectivity index (χ3v) is 7.31. The molecule has 2 fully saturated rings. The summed E-state index contributed by atoms with van der Waals surface area (Å²) in [4.78, 5) is 39.1. The monoisotopic (exact) mass is 459 g/mol. The predicted molar refractivity (Wildman–Crippen MR) is 119 cm³/mol. The van der Waals surface area contributed by atoms with E-state index in [4.69, 9.17) is 10.7 Å². The van der Waals surface area contributed by atoms with Gasteiger partial charge in [-0.05, 0) is 44.1 Å². The van der Waals surface area contributed by atoms with Crippen molar-refractivity contribution in [1.82, 2.24) is 19.8 Å². The summed E-state index contributed by atoms with van der Waals surface area (Å²) in [6.07, 6.45) is 6.05. The van der Waals surface area contributed by atoms with Crippen LogP contribution in [0.4, 0.5) is 0 Å². The lowest BCUT2D eigenvalue weighted by Crippen LogP contribution is -2.54. The highest BCUT2D eigenvalue weighted by Gasteiger charge is 2.48. The molecule has 0 radical (unpaired) electrons. The average molecular weight is 460 g/mol. The molecule has 0 aromatic carbocycles. The molecule has 0 spiro atoms. The number of carbonyl (C=O) groups is 1. The maximum atomic E-state index is 12.7. The van der Waals surface area contributed by atoms with Gasteiger partial charge >= 0.3 is 0 Å². The topological polar surface area (TPSA) is 95.3 Å². The average Bonchev–Trinajstić information content (AvgIpc) is 3.30. The number of thiophene rings is 1. The van der Waals surface area contributed by atoms with Gasteiger partial charge in [0.2, 0.25) is 5.91 Å². The largest absolute Gasteiger partial charge is 0.339 e. The first kappa shape index (κ1) is 22.5. The van der Waals surface area contributed by atoms with Gasteiger partial charge in [0.1, 0.15) is 10.7 Å². The first-order valence-corrected chi connectivity index (χ1v) is 10.7. The van der Waals surface area contributed by atoms with E-state index in [1.54, 1.807) is 11.3 Å². The molecule has 1 aliphatic heterocycles. The van der Waals surface area contributed by atoms with Gasteiger partial charge in [-0.3, -0.25) is 14.5 Å². The number of fused-ring (bicyclic) bond motifs is 3. The molecular weight excluding hydrogens is 433 g/mol. The Labute approximate surface area is 185 Å². The molecule has 1 amide bonds. The number of aromatic nitrogens is 2. The quantitative estimate of drug-likeness (QED) is 0.729. The van der Waals surface area contributed by atoms with Gasteiger partial charge in [0.15, 0.2) is 0 Å². The number of hydrogen-bond acceptors (Lipinski definition) is 6. The van der Waals surface area contributed by atoms with Crippen molar-refractivity contribution in [2.75, 3.05) is 26.2 Å². The molecule has 7 nitrogen and oxygen atoms in total. The number of piperazine rings is 1. The van der Waals surface area contributed by atoms with Gasteiger partial charge in [0, 0.05) is 31.1 Å². The number of H-pyrrole nitrogens is 1. The summed E-state index contributed by atoms with van der Waals surface area (Å²) in [5, 5.41) is 0.812. The molecule has 3 N–H and O–H groups in total. The van der Waals surface area contributed by atoms with Crippen LogP contribution < -0.4 is 11.3 Å². The summed E-state index contributed by atoms with van der Waals surface area (Å²) in [6.45, 7) is 3.56. The minimum atomic E-state index is -0.585. The number of rotatable bonds is 3. The number of nitrogens with zero attached hydrogens (tertiary/aromatic N) is 3. The van der Waals surface area contributed by atoms with Crippen molar-refractivity contribution in [2.45, 2.75) is 50.6 Å². The molecule has 0 atom stereocenters. The lowest BCUT2D eigenvalue weighted by Gasteiger charge is -2.35. The molecule has 3 heterocycles. The Morgan fingerprint density at radius 1 is 1.14 bits per heavy atom. The fourth-order valence-corrected chi connectivity index (χ4v) is 5.55. The minimum Gasteiger partial charge on any atom is -0.339 e. The van der Waals surface area contributed by atoms with Crippen molar-refractivity contribution in [3.05, 3.63) is 26.6 Å². The second-order valence-corrected chi connectivity index (χ2v) is 9.21.